The average molecular weight is 127 g/mol. The number of hydrogen-bond acceptors (Lipinski definition) is 3. The molecule has 1 aromatic rings. The van der Waals surface area contributed by atoms with E-state index in [1.54, 1.807) is 11.3 Å². The molecular weight excluding hydrogens is 120 g/mol. The van der Waals surface area contributed by atoms with Gasteiger partial charge < -0.3 is 5.73 Å². The van der Waals surface area contributed by atoms with Gasteiger partial charge in [-0.05, 0) is 6.54 Å². The minimum atomic E-state index is 0.682. The van der Waals surface area contributed by atoms with Crippen LogP contribution in [0, 0.1) is 6.20 Å². The lowest BCUT2D eigenvalue weighted by Gasteiger charge is -1.84. The second-order valence-electron chi connectivity index (χ2n) is 1.41. The maximum absolute atomic E-state index is 5.27. The summed E-state index contributed by atoms with van der Waals surface area (Å²) in [5.74, 6) is 0. The van der Waals surface area contributed by atoms with E-state index in [9.17, 15) is 0 Å². The molecule has 0 saturated heterocycles. The molecule has 0 atom stereocenters. The van der Waals surface area contributed by atoms with E-state index in [4.69, 9.17) is 5.73 Å². The quantitative estimate of drug-likeness (QED) is 0.626. The van der Waals surface area contributed by atoms with Gasteiger partial charge >= 0.3 is 0 Å². The molecule has 0 saturated carbocycles. The zero-order chi connectivity index (χ0) is 5.82. The van der Waals surface area contributed by atoms with Gasteiger partial charge in [-0.15, -0.1) is 11.3 Å². The van der Waals surface area contributed by atoms with E-state index in [0.29, 0.717) is 6.54 Å². The van der Waals surface area contributed by atoms with E-state index in [2.05, 4.69) is 11.2 Å². The molecule has 2 N–H and O–H groups in total. The summed E-state index contributed by atoms with van der Waals surface area (Å²) in [5.41, 5.74) is 5.27. The Hall–Kier alpha value is -0.410. The van der Waals surface area contributed by atoms with Crippen molar-refractivity contribution in [2.24, 2.45) is 5.73 Å². The summed E-state index contributed by atoms with van der Waals surface area (Å²) >= 11 is 1.60. The number of aromatic nitrogens is 1. The molecule has 0 unspecified atom stereocenters. The molecule has 0 bridgehead atoms. The molecule has 0 aliphatic heterocycles. The summed E-state index contributed by atoms with van der Waals surface area (Å²) < 4.78 is 0. The van der Waals surface area contributed by atoms with Gasteiger partial charge in [0.25, 0.3) is 0 Å². The van der Waals surface area contributed by atoms with Crippen molar-refractivity contribution in [3.63, 3.8) is 0 Å². The van der Waals surface area contributed by atoms with E-state index < -0.39 is 0 Å². The normalized spacial score (nSPS) is 9.62. The van der Waals surface area contributed by atoms with Crippen LogP contribution in [-0.2, 0) is 6.42 Å². The minimum absolute atomic E-state index is 0.682. The maximum atomic E-state index is 5.27. The molecule has 0 amide bonds. The number of nitrogens with zero attached hydrogens (tertiary/aromatic N) is 1. The molecule has 0 aliphatic carbocycles. The van der Waals surface area contributed by atoms with Gasteiger partial charge in [-0.25, -0.2) is 4.98 Å². The van der Waals surface area contributed by atoms with Gasteiger partial charge in [-0.1, -0.05) is 0 Å². The van der Waals surface area contributed by atoms with Crippen molar-refractivity contribution in [3.8, 4) is 0 Å². The van der Waals surface area contributed by atoms with Crippen LogP contribution in [0.3, 0.4) is 0 Å². The first-order valence-electron chi connectivity index (χ1n) is 2.44. The number of hydrogen-bond donors (Lipinski definition) is 1. The lowest BCUT2D eigenvalue weighted by atomic mass is 10.5. The molecule has 1 rings (SSSR count). The first-order chi connectivity index (χ1) is 3.93. The molecular formula is C5H7N2S. The van der Waals surface area contributed by atoms with E-state index in [0.717, 1.165) is 11.4 Å². The first kappa shape index (κ1) is 5.72. The van der Waals surface area contributed by atoms with Crippen LogP contribution in [0.1, 0.15) is 5.01 Å². The summed E-state index contributed by atoms with van der Waals surface area (Å²) in [6.45, 7) is 0.682. The topological polar surface area (TPSA) is 38.9 Å². The highest BCUT2D eigenvalue weighted by atomic mass is 32.1. The highest BCUT2D eigenvalue weighted by molar-refractivity contribution is 7.09. The first-order valence-corrected chi connectivity index (χ1v) is 3.32. The summed E-state index contributed by atoms with van der Waals surface area (Å²) in [4.78, 5) is 3.92. The fourth-order valence-corrected chi connectivity index (χ4v) is 1.04. The van der Waals surface area contributed by atoms with Crippen molar-refractivity contribution in [1.82, 2.24) is 4.98 Å². The summed E-state index contributed by atoms with van der Waals surface area (Å²) in [6, 6.07) is 0. The number of nitrogens with two attached hydrogens (primary N) is 1. The SMILES string of the molecule is NCCc1n[c]cs1. The van der Waals surface area contributed by atoms with Gasteiger partial charge in [-0.2, -0.15) is 0 Å². The molecule has 3 heteroatoms. The second-order valence-corrected chi connectivity index (χ2v) is 2.35. The standard InChI is InChI=1S/C5H7N2S/c6-2-1-5-7-3-4-8-5/h4H,1-2,6H2. The fourth-order valence-electron chi connectivity index (χ4n) is 0.457. The third kappa shape index (κ3) is 1.28. The third-order valence-corrected chi connectivity index (χ3v) is 1.59. The molecule has 0 aliphatic rings. The minimum Gasteiger partial charge on any atom is -0.330 e. The molecule has 0 spiro atoms. The van der Waals surface area contributed by atoms with Crippen LogP contribution in [0.15, 0.2) is 5.38 Å². The van der Waals surface area contributed by atoms with Gasteiger partial charge in [0.1, 0.15) is 6.20 Å². The lowest BCUT2D eigenvalue weighted by molar-refractivity contribution is 0.952. The monoisotopic (exact) mass is 127 g/mol. The van der Waals surface area contributed by atoms with Gasteiger partial charge in [-0.3, -0.25) is 0 Å². The van der Waals surface area contributed by atoms with Crippen molar-refractivity contribution in [2.75, 3.05) is 6.54 Å². The Morgan fingerprint density at radius 3 is 3.25 bits per heavy atom. The van der Waals surface area contributed by atoms with Gasteiger partial charge in [0.15, 0.2) is 0 Å². The molecule has 1 radical (unpaired) electrons. The largest absolute Gasteiger partial charge is 0.330 e. The summed E-state index contributed by atoms with van der Waals surface area (Å²) in [6.07, 6.45) is 3.61. The second kappa shape index (κ2) is 2.79. The van der Waals surface area contributed by atoms with E-state index in [-0.39, 0.29) is 0 Å². The van der Waals surface area contributed by atoms with Crippen LogP contribution < -0.4 is 5.73 Å². The van der Waals surface area contributed by atoms with Crippen LogP contribution in [0.25, 0.3) is 0 Å². The molecule has 2 nitrogen and oxygen atoms in total. The van der Waals surface area contributed by atoms with Crippen LogP contribution in [0.4, 0.5) is 0 Å². The van der Waals surface area contributed by atoms with Crippen molar-refractivity contribution in [2.45, 2.75) is 6.42 Å². The van der Waals surface area contributed by atoms with Crippen molar-refractivity contribution < 1.29 is 0 Å². The van der Waals surface area contributed by atoms with Gasteiger partial charge in [0.05, 0.1) is 5.01 Å². The smallest absolute Gasteiger partial charge is 0.101 e. The van der Waals surface area contributed by atoms with Gasteiger partial charge in [0, 0.05) is 11.8 Å². The average Bonchev–Trinajstić information content (AvgIpc) is 2.19. The van der Waals surface area contributed by atoms with Crippen molar-refractivity contribution in [3.05, 3.63) is 16.6 Å². The summed E-state index contributed by atoms with van der Waals surface area (Å²) in [5, 5.41) is 2.91. The molecule has 1 heterocycles. The molecule has 43 valence electrons. The van der Waals surface area contributed by atoms with Crippen LogP contribution in [0.5, 0.6) is 0 Å². The Balaban J connectivity index is 2.50. The maximum Gasteiger partial charge on any atom is 0.101 e. The van der Waals surface area contributed by atoms with Crippen molar-refractivity contribution in [1.29, 1.82) is 0 Å². The Kier molecular flexibility index (Phi) is 2.00. The Morgan fingerprint density at radius 1 is 1.88 bits per heavy atom. The predicted molar refractivity (Wildman–Crippen MR) is 33.7 cm³/mol. The molecule has 0 fully saturated rings. The molecule has 8 heavy (non-hydrogen) atoms. The third-order valence-electron chi connectivity index (χ3n) is 0.795. The summed E-state index contributed by atoms with van der Waals surface area (Å²) in [7, 11) is 0. The number of rotatable bonds is 2. The van der Waals surface area contributed by atoms with Gasteiger partial charge in [0.2, 0.25) is 0 Å². The lowest BCUT2D eigenvalue weighted by Crippen LogP contribution is -2.01. The molecule has 0 aromatic carbocycles. The Morgan fingerprint density at radius 2 is 2.75 bits per heavy atom. The highest BCUT2D eigenvalue weighted by Crippen LogP contribution is 2.01. The Bertz CT molecular complexity index is 136. The van der Waals surface area contributed by atoms with E-state index in [1.807, 2.05) is 5.38 Å². The van der Waals surface area contributed by atoms with Crippen LogP contribution >= 0.6 is 11.3 Å². The Labute approximate surface area is 52.4 Å². The molecule has 1 aromatic heterocycles. The number of thiazole rings is 1. The van der Waals surface area contributed by atoms with E-state index in [1.165, 1.54) is 0 Å². The van der Waals surface area contributed by atoms with E-state index >= 15 is 0 Å². The van der Waals surface area contributed by atoms with Crippen molar-refractivity contribution >= 4 is 11.3 Å². The zero-order valence-corrected chi connectivity index (χ0v) is 5.24. The van der Waals surface area contributed by atoms with Crippen LogP contribution in [0.2, 0.25) is 0 Å². The zero-order valence-electron chi connectivity index (χ0n) is 4.42. The fraction of sp³-hybridized carbons (Fsp3) is 0.400. The predicted octanol–water partition coefficient (Wildman–Crippen LogP) is 0.444. The highest BCUT2D eigenvalue weighted by Gasteiger charge is 1.89. The van der Waals surface area contributed by atoms with Crippen LogP contribution in [-0.4, -0.2) is 11.5 Å².